The van der Waals surface area contributed by atoms with Crippen molar-refractivity contribution in [2.45, 2.75) is 25.7 Å². The molecule has 0 unspecified atom stereocenters. The molecule has 0 aromatic heterocycles. The third-order valence-electron chi connectivity index (χ3n) is 2.80. The second-order valence-corrected chi connectivity index (χ2v) is 5.33. The maximum Gasteiger partial charge on any atom is 0.0470 e. The second kappa shape index (κ2) is 6.20. The molecule has 0 amide bonds. The van der Waals surface area contributed by atoms with Gasteiger partial charge in [0.05, 0.1) is 0 Å². The average Bonchev–Trinajstić information content (AvgIpc) is 2.09. The summed E-state index contributed by atoms with van der Waals surface area (Å²) in [4.78, 5) is 0. The van der Waals surface area contributed by atoms with Crippen LogP contribution in [-0.2, 0) is 4.74 Å². The molecule has 0 saturated heterocycles. The number of hydrogen-bond donors (Lipinski definition) is 1. The van der Waals surface area contributed by atoms with Gasteiger partial charge in [0.1, 0.15) is 0 Å². The first-order valence-electron chi connectivity index (χ1n) is 5.00. The van der Waals surface area contributed by atoms with Crippen molar-refractivity contribution in [1.29, 1.82) is 0 Å². The van der Waals surface area contributed by atoms with Crippen LogP contribution in [0.25, 0.3) is 0 Å². The minimum absolute atomic E-state index is 0.598. The molecule has 1 rings (SSSR count). The van der Waals surface area contributed by atoms with Crippen LogP contribution in [0.3, 0.4) is 0 Å². The largest absolute Gasteiger partial charge is 0.385 e. The van der Waals surface area contributed by atoms with Gasteiger partial charge in [0.2, 0.25) is 0 Å². The Kier molecular flexibility index (Phi) is 5.60. The van der Waals surface area contributed by atoms with Crippen molar-refractivity contribution < 1.29 is 4.74 Å². The van der Waals surface area contributed by atoms with E-state index >= 15 is 0 Å². The molecule has 0 radical (unpaired) electrons. The summed E-state index contributed by atoms with van der Waals surface area (Å²) in [5.41, 5.74) is 0.598. The summed E-state index contributed by atoms with van der Waals surface area (Å²) in [6.07, 6.45) is 5.39. The number of methoxy groups -OCH3 is 1. The Morgan fingerprint density at radius 3 is 2.69 bits per heavy atom. The minimum Gasteiger partial charge on any atom is -0.385 e. The summed E-state index contributed by atoms with van der Waals surface area (Å²) >= 11 is 6.51. The average molecular weight is 220 g/mol. The topological polar surface area (TPSA) is 9.23 Å². The van der Waals surface area contributed by atoms with Crippen LogP contribution in [0, 0.1) is 5.41 Å². The van der Waals surface area contributed by atoms with E-state index in [4.69, 9.17) is 4.74 Å². The summed E-state index contributed by atoms with van der Waals surface area (Å²) in [7, 11) is 1.77. The van der Waals surface area contributed by atoms with Crippen LogP contribution >= 0.6 is 24.4 Å². The molecule has 0 aliphatic heterocycles. The van der Waals surface area contributed by atoms with E-state index in [1.165, 1.54) is 37.2 Å². The van der Waals surface area contributed by atoms with Crippen LogP contribution in [0.4, 0.5) is 0 Å². The van der Waals surface area contributed by atoms with Crippen molar-refractivity contribution in [3.8, 4) is 0 Å². The van der Waals surface area contributed by atoms with Gasteiger partial charge in [-0.2, -0.15) is 24.4 Å². The first-order valence-corrected chi connectivity index (χ1v) is 6.79. The Hall–Kier alpha value is 0.660. The third kappa shape index (κ3) is 3.72. The van der Waals surface area contributed by atoms with E-state index in [1.54, 1.807) is 7.11 Å². The number of thiol groups is 1. The van der Waals surface area contributed by atoms with Crippen LogP contribution in [0.2, 0.25) is 0 Å². The monoisotopic (exact) mass is 220 g/mol. The first kappa shape index (κ1) is 11.7. The van der Waals surface area contributed by atoms with Crippen LogP contribution in [0.5, 0.6) is 0 Å². The van der Waals surface area contributed by atoms with Gasteiger partial charge in [-0.1, -0.05) is 6.42 Å². The zero-order chi connectivity index (χ0) is 9.57. The van der Waals surface area contributed by atoms with E-state index < -0.39 is 0 Å². The molecule has 13 heavy (non-hydrogen) atoms. The lowest BCUT2D eigenvalue weighted by atomic mass is 9.72. The fraction of sp³-hybridized carbons (Fsp3) is 1.00. The van der Waals surface area contributed by atoms with E-state index in [0.717, 1.165) is 12.4 Å². The lowest BCUT2D eigenvalue weighted by Crippen LogP contribution is -2.33. The number of rotatable bonds is 7. The molecule has 0 aromatic carbocycles. The molecule has 1 aliphatic carbocycles. The lowest BCUT2D eigenvalue weighted by Gasteiger charge is -2.40. The quantitative estimate of drug-likeness (QED) is 0.522. The van der Waals surface area contributed by atoms with Crippen molar-refractivity contribution in [1.82, 2.24) is 0 Å². The minimum atomic E-state index is 0.598. The summed E-state index contributed by atoms with van der Waals surface area (Å²) in [5.74, 6) is 3.62. The predicted octanol–water partition coefficient (Wildman–Crippen LogP) is 2.86. The number of thioether (sulfide) groups is 1. The molecule has 0 heterocycles. The highest BCUT2D eigenvalue weighted by Crippen LogP contribution is 2.44. The Morgan fingerprint density at radius 1 is 1.46 bits per heavy atom. The molecule has 0 N–H and O–H groups in total. The molecule has 0 aromatic rings. The number of ether oxygens (including phenoxy) is 1. The van der Waals surface area contributed by atoms with Crippen molar-refractivity contribution in [3.05, 3.63) is 0 Å². The third-order valence-corrected chi connectivity index (χ3v) is 4.86. The number of hydrogen-bond acceptors (Lipinski definition) is 3. The summed E-state index contributed by atoms with van der Waals surface area (Å²) in [5, 5.41) is 0. The van der Waals surface area contributed by atoms with Gasteiger partial charge in [0.25, 0.3) is 0 Å². The molecule has 1 aliphatic rings. The van der Waals surface area contributed by atoms with Gasteiger partial charge < -0.3 is 4.74 Å². The molecule has 0 atom stereocenters. The van der Waals surface area contributed by atoms with Gasteiger partial charge >= 0.3 is 0 Å². The van der Waals surface area contributed by atoms with Gasteiger partial charge in [-0.25, -0.2) is 0 Å². The molecular weight excluding hydrogens is 200 g/mol. The fourth-order valence-corrected chi connectivity index (χ4v) is 3.49. The molecule has 1 saturated carbocycles. The molecular formula is C10H20OS2. The molecule has 78 valence electrons. The zero-order valence-corrected chi connectivity index (χ0v) is 10.1. The van der Waals surface area contributed by atoms with E-state index in [2.05, 4.69) is 24.4 Å². The Labute approximate surface area is 91.4 Å². The molecule has 0 spiro atoms. The van der Waals surface area contributed by atoms with Crippen LogP contribution in [0.15, 0.2) is 0 Å². The normalized spacial score (nSPS) is 19.8. The van der Waals surface area contributed by atoms with E-state index in [9.17, 15) is 0 Å². The van der Waals surface area contributed by atoms with E-state index in [0.29, 0.717) is 5.41 Å². The maximum atomic E-state index is 5.01. The van der Waals surface area contributed by atoms with Gasteiger partial charge in [-0.05, 0) is 41.9 Å². The molecule has 0 bridgehead atoms. The van der Waals surface area contributed by atoms with Crippen molar-refractivity contribution >= 4 is 24.4 Å². The van der Waals surface area contributed by atoms with Gasteiger partial charge in [0.15, 0.2) is 0 Å². The van der Waals surface area contributed by atoms with Crippen molar-refractivity contribution in [3.63, 3.8) is 0 Å². The Bertz CT molecular complexity index is 129. The van der Waals surface area contributed by atoms with E-state index in [-0.39, 0.29) is 0 Å². The molecule has 1 nitrogen and oxygen atoms in total. The Balaban J connectivity index is 1.98. The van der Waals surface area contributed by atoms with Gasteiger partial charge in [-0.3, -0.25) is 0 Å². The Morgan fingerprint density at radius 2 is 2.23 bits per heavy atom. The fourth-order valence-electron chi connectivity index (χ4n) is 1.62. The highest BCUT2D eigenvalue weighted by atomic mass is 32.2. The van der Waals surface area contributed by atoms with Crippen LogP contribution in [0.1, 0.15) is 25.7 Å². The van der Waals surface area contributed by atoms with Crippen LogP contribution < -0.4 is 0 Å². The first-order chi connectivity index (χ1) is 6.33. The molecule has 3 heteroatoms. The summed E-state index contributed by atoms with van der Waals surface area (Å²) < 4.78 is 5.01. The van der Waals surface area contributed by atoms with Crippen molar-refractivity contribution in [2.24, 2.45) is 5.41 Å². The lowest BCUT2D eigenvalue weighted by molar-refractivity contribution is 0.198. The van der Waals surface area contributed by atoms with Gasteiger partial charge in [0, 0.05) is 13.7 Å². The standard InChI is InChI=1S/C10H20OS2/c1-11-6-3-7-13-9-10(8-12)4-2-5-10/h12H,2-9H2,1H3. The predicted molar refractivity (Wildman–Crippen MR) is 64.0 cm³/mol. The maximum absolute atomic E-state index is 5.01. The molecule has 1 fully saturated rings. The summed E-state index contributed by atoms with van der Waals surface area (Å²) in [6, 6.07) is 0. The van der Waals surface area contributed by atoms with E-state index in [1.807, 2.05) is 0 Å². The highest BCUT2D eigenvalue weighted by molar-refractivity contribution is 7.99. The zero-order valence-electron chi connectivity index (χ0n) is 8.42. The second-order valence-electron chi connectivity index (χ2n) is 3.91. The smallest absolute Gasteiger partial charge is 0.0470 e. The van der Waals surface area contributed by atoms with Crippen molar-refractivity contribution in [2.75, 3.05) is 31.0 Å². The highest BCUT2D eigenvalue weighted by Gasteiger charge is 2.34. The van der Waals surface area contributed by atoms with Crippen LogP contribution in [-0.4, -0.2) is 31.0 Å². The summed E-state index contributed by atoms with van der Waals surface area (Å²) in [6.45, 7) is 0.904. The SMILES string of the molecule is COCCCSCC1(CS)CCC1. The van der Waals surface area contributed by atoms with Gasteiger partial charge in [-0.15, -0.1) is 0 Å².